The number of hydrogen-bond donors (Lipinski definition) is 1. The molecule has 2 heterocycles. The summed E-state index contributed by atoms with van der Waals surface area (Å²) in [5.74, 6) is 0.543. The first-order chi connectivity index (χ1) is 9.83. The van der Waals surface area contributed by atoms with Crippen LogP contribution >= 0.6 is 0 Å². The van der Waals surface area contributed by atoms with E-state index in [9.17, 15) is 4.79 Å². The first-order valence-electron chi connectivity index (χ1n) is 7.14. The lowest BCUT2D eigenvalue weighted by Gasteiger charge is -2.26. The zero-order valence-electron chi connectivity index (χ0n) is 11.3. The van der Waals surface area contributed by atoms with Gasteiger partial charge in [-0.25, -0.2) is 10.3 Å². The highest BCUT2D eigenvalue weighted by Gasteiger charge is 2.27. The minimum atomic E-state index is -0.492. The third kappa shape index (κ3) is 3.11. The van der Waals surface area contributed by atoms with Gasteiger partial charge in [0, 0.05) is 13.0 Å². The number of carbonyl (C=O) groups excluding carboxylic acids is 1. The van der Waals surface area contributed by atoms with Gasteiger partial charge in [0.1, 0.15) is 5.75 Å². The highest BCUT2D eigenvalue weighted by atomic mass is 16.8. The van der Waals surface area contributed by atoms with Crippen LogP contribution in [0.25, 0.3) is 0 Å². The zero-order chi connectivity index (χ0) is 13.8. The van der Waals surface area contributed by atoms with Gasteiger partial charge in [-0.2, -0.15) is 0 Å². The Bertz CT molecular complexity index is 471. The van der Waals surface area contributed by atoms with E-state index in [0.29, 0.717) is 13.0 Å². The van der Waals surface area contributed by atoms with Gasteiger partial charge in [-0.3, -0.25) is 4.79 Å². The van der Waals surface area contributed by atoms with Gasteiger partial charge >= 0.3 is 0 Å². The van der Waals surface area contributed by atoms with Crippen LogP contribution in [-0.2, 0) is 20.8 Å². The molecule has 0 saturated carbocycles. The van der Waals surface area contributed by atoms with Crippen LogP contribution in [-0.4, -0.2) is 24.9 Å². The van der Waals surface area contributed by atoms with E-state index in [0.717, 1.165) is 37.0 Å². The van der Waals surface area contributed by atoms with Crippen LogP contribution in [0.4, 0.5) is 0 Å². The third-order valence-electron chi connectivity index (χ3n) is 3.64. The number of fused-ring (bicyclic) bond motifs is 1. The van der Waals surface area contributed by atoms with E-state index in [1.54, 1.807) is 0 Å². The Kier molecular flexibility index (Phi) is 4.18. The van der Waals surface area contributed by atoms with Crippen molar-refractivity contribution < 1.29 is 19.1 Å². The number of aryl methyl sites for hydroxylation is 1. The van der Waals surface area contributed by atoms with E-state index >= 15 is 0 Å². The Morgan fingerprint density at radius 1 is 1.25 bits per heavy atom. The summed E-state index contributed by atoms with van der Waals surface area (Å²) in [4.78, 5) is 17.3. The van der Waals surface area contributed by atoms with Gasteiger partial charge in [0.25, 0.3) is 5.91 Å². The van der Waals surface area contributed by atoms with Crippen molar-refractivity contribution in [3.63, 3.8) is 0 Å². The van der Waals surface area contributed by atoms with E-state index in [1.807, 2.05) is 24.3 Å². The van der Waals surface area contributed by atoms with Gasteiger partial charge in [0.2, 0.25) is 0 Å². The molecule has 0 aliphatic carbocycles. The Labute approximate surface area is 118 Å². The summed E-state index contributed by atoms with van der Waals surface area (Å²) in [5.41, 5.74) is 3.61. The Morgan fingerprint density at radius 2 is 2.15 bits per heavy atom. The first kappa shape index (κ1) is 13.4. The number of amides is 1. The number of rotatable bonds is 3. The first-order valence-corrected chi connectivity index (χ1v) is 7.14. The van der Waals surface area contributed by atoms with Crippen molar-refractivity contribution in [2.75, 3.05) is 6.61 Å². The van der Waals surface area contributed by atoms with Gasteiger partial charge in [0.05, 0.1) is 0 Å². The topological polar surface area (TPSA) is 56.8 Å². The Balaban J connectivity index is 1.51. The smallest absolute Gasteiger partial charge is 0.284 e. The van der Waals surface area contributed by atoms with Crippen LogP contribution in [0.1, 0.15) is 31.2 Å². The van der Waals surface area contributed by atoms with Crippen molar-refractivity contribution in [3.8, 4) is 5.75 Å². The lowest BCUT2D eigenvalue weighted by molar-refractivity contribution is -0.203. The maximum Gasteiger partial charge on any atom is 0.284 e. The molecule has 2 unspecified atom stereocenters. The fourth-order valence-electron chi connectivity index (χ4n) is 2.50. The molecule has 20 heavy (non-hydrogen) atoms. The van der Waals surface area contributed by atoms with Crippen molar-refractivity contribution >= 4 is 5.91 Å². The van der Waals surface area contributed by atoms with Gasteiger partial charge in [-0.1, -0.05) is 18.2 Å². The van der Waals surface area contributed by atoms with Crippen molar-refractivity contribution in [3.05, 3.63) is 29.8 Å². The second-order valence-corrected chi connectivity index (χ2v) is 5.13. The normalized spacial score (nSPS) is 25.4. The standard InChI is InChI=1S/C15H19NO4/c17-15(16-20-14-7-3-4-10-18-14)13-9-8-11-5-1-2-6-12(11)19-13/h1-2,5-6,13-14H,3-4,7-10H2,(H,16,17). The number of para-hydroxylation sites is 1. The van der Waals surface area contributed by atoms with Gasteiger partial charge in [0.15, 0.2) is 12.4 Å². The van der Waals surface area contributed by atoms with Crippen molar-refractivity contribution in [1.29, 1.82) is 0 Å². The molecule has 3 rings (SSSR count). The van der Waals surface area contributed by atoms with Crippen LogP contribution in [0, 0.1) is 0 Å². The predicted octanol–water partition coefficient (Wildman–Crippen LogP) is 1.95. The van der Waals surface area contributed by atoms with Crippen LogP contribution in [0.5, 0.6) is 5.75 Å². The number of hydrogen-bond acceptors (Lipinski definition) is 4. The van der Waals surface area contributed by atoms with Gasteiger partial charge in [-0.05, 0) is 37.3 Å². The van der Waals surface area contributed by atoms with Crippen LogP contribution in [0.15, 0.2) is 24.3 Å². The van der Waals surface area contributed by atoms with E-state index in [-0.39, 0.29) is 12.2 Å². The largest absolute Gasteiger partial charge is 0.480 e. The summed E-state index contributed by atoms with van der Waals surface area (Å²) in [7, 11) is 0. The minimum absolute atomic E-state index is 0.242. The highest BCUT2D eigenvalue weighted by Crippen LogP contribution is 2.27. The van der Waals surface area contributed by atoms with E-state index in [4.69, 9.17) is 14.3 Å². The van der Waals surface area contributed by atoms with E-state index in [1.165, 1.54) is 0 Å². The molecule has 0 bridgehead atoms. The average molecular weight is 277 g/mol. The lowest BCUT2D eigenvalue weighted by Crippen LogP contribution is -2.42. The Morgan fingerprint density at radius 3 is 3.00 bits per heavy atom. The summed E-state index contributed by atoms with van der Waals surface area (Å²) in [6, 6.07) is 7.80. The van der Waals surface area contributed by atoms with Crippen molar-refractivity contribution in [2.24, 2.45) is 0 Å². The monoisotopic (exact) mass is 277 g/mol. The third-order valence-corrected chi connectivity index (χ3v) is 3.64. The molecule has 5 nitrogen and oxygen atoms in total. The Hall–Kier alpha value is -1.59. The number of carbonyl (C=O) groups is 1. The molecule has 1 aromatic carbocycles. The van der Waals surface area contributed by atoms with E-state index in [2.05, 4.69) is 5.48 Å². The second kappa shape index (κ2) is 6.24. The molecule has 1 amide bonds. The van der Waals surface area contributed by atoms with Crippen molar-refractivity contribution in [2.45, 2.75) is 44.5 Å². The molecule has 2 aliphatic rings. The summed E-state index contributed by atoms with van der Waals surface area (Å²) < 4.78 is 11.1. The molecule has 1 saturated heterocycles. The molecule has 1 fully saturated rings. The molecule has 5 heteroatoms. The summed E-state index contributed by atoms with van der Waals surface area (Å²) >= 11 is 0. The average Bonchev–Trinajstić information content (AvgIpc) is 2.53. The second-order valence-electron chi connectivity index (χ2n) is 5.13. The van der Waals surface area contributed by atoms with Gasteiger partial charge in [-0.15, -0.1) is 0 Å². The van der Waals surface area contributed by atoms with Crippen LogP contribution in [0.3, 0.4) is 0 Å². The maximum absolute atomic E-state index is 12.0. The number of nitrogens with one attached hydrogen (secondary N) is 1. The zero-order valence-corrected chi connectivity index (χ0v) is 11.3. The molecular formula is C15H19NO4. The molecule has 1 aromatic rings. The SMILES string of the molecule is O=C(NOC1CCCCO1)C1CCc2ccccc2O1. The molecule has 0 radical (unpaired) electrons. The summed E-state index contributed by atoms with van der Waals surface area (Å²) in [6.45, 7) is 0.688. The molecule has 2 atom stereocenters. The van der Waals surface area contributed by atoms with Crippen LogP contribution < -0.4 is 10.2 Å². The van der Waals surface area contributed by atoms with E-state index < -0.39 is 6.10 Å². The summed E-state index contributed by atoms with van der Waals surface area (Å²) in [5, 5.41) is 0. The quantitative estimate of drug-likeness (QED) is 0.858. The molecule has 108 valence electrons. The molecule has 0 aromatic heterocycles. The molecule has 1 N–H and O–H groups in total. The highest BCUT2D eigenvalue weighted by molar-refractivity contribution is 5.80. The number of benzene rings is 1. The fourth-order valence-corrected chi connectivity index (χ4v) is 2.50. The number of hydroxylamine groups is 1. The maximum atomic E-state index is 12.0. The van der Waals surface area contributed by atoms with Gasteiger partial charge < -0.3 is 9.47 Å². The predicted molar refractivity (Wildman–Crippen MR) is 72.0 cm³/mol. The lowest BCUT2D eigenvalue weighted by atomic mass is 10.0. The molecule has 0 spiro atoms. The van der Waals surface area contributed by atoms with Crippen LogP contribution in [0.2, 0.25) is 0 Å². The minimum Gasteiger partial charge on any atom is -0.480 e. The fraction of sp³-hybridized carbons (Fsp3) is 0.533. The van der Waals surface area contributed by atoms with Crippen molar-refractivity contribution in [1.82, 2.24) is 5.48 Å². The molecular weight excluding hydrogens is 258 g/mol. The number of ether oxygens (including phenoxy) is 2. The molecule has 2 aliphatic heterocycles. The summed E-state index contributed by atoms with van der Waals surface area (Å²) in [6.07, 6.45) is 3.61.